The van der Waals surface area contributed by atoms with Crippen LogP contribution in [0.15, 0.2) is 106 Å². The zero-order valence-corrected chi connectivity index (χ0v) is 29.7. The summed E-state index contributed by atoms with van der Waals surface area (Å²) in [5, 5.41) is 3.66. The second-order valence-corrected chi connectivity index (χ2v) is 14.6. The number of carbonyl (C=O) groups excluding carboxylic acids is 2. The van der Waals surface area contributed by atoms with E-state index in [2.05, 4.69) is 21.2 Å². The van der Waals surface area contributed by atoms with Crippen molar-refractivity contribution in [1.82, 2.24) is 10.2 Å². The Bertz CT molecular complexity index is 1750. The number of aryl methyl sites for hydroxylation is 1. The van der Waals surface area contributed by atoms with Crippen LogP contribution in [-0.2, 0) is 32.6 Å². The van der Waals surface area contributed by atoms with E-state index in [1.165, 1.54) is 17.0 Å². The van der Waals surface area contributed by atoms with Gasteiger partial charge in [0.25, 0.3) is 10.0 Å². The summed E-state index contributed by atoms with van der Waals surface area (Å²) in [4.78, 5) is 30.0. The van der Waals surface area contributed by atoms with Crippen LogP contribution in [-0.4, -0.2) is 43.8 Å². The fourth-order valence-electron chi connectivity index (χ4n) is 4.85. The normalized spacial score (nSPS) is 12.7. The van der Waals surface area contributed by atoms with Gasteiger partial charge in [0.05, 0.1) is 10.6 Å². The Balaban J connectivity index is 1.84. The molecule has 4 aromatic rings. The Morgan fingerprint density at radius 1 is 0.891 bits per heavy atom. The number of hydrogen-bond donors (Lipinski definition) is 1. The standard InChI is InChI=1S/C35H36BrCl2N3O4S/c1-4-25(3)39-35(43)33(20-26-10-6-5-7-11-26)40(22-30-31(37)14-9-15-32(30)38)34(42)23-41(28-13-8-12-27(36)21-28)46(44,45)29-18-16-24(2)17-19-29/h5-19,21,25,33H,4,20,22-23H2,1-3H3,(H,39,43)/t25-,33-/m1/s1. The van der Waals surface area contributed by atoms with Crippen molar-refractivity contribution >= 4 is 66.7 Å². The number of benzene rings is 4. The van der Waals surface area contributed by atoms with Crippen molar-refractivity contribution in [2.24, 2.45) is 0 Å². The van der Waals surface area contributed by atoms with Gasteiger partial charge in [0.1, 0.15) is 12.6 Å². The second kappa shape index (κ2) is 16.0. The quantitative estimate of drug-likeness (QED) is 0.151. The highest BCUT2D eigenvalue weighted by Crippen LogP contribution is 2.30. The van der Waals surface area contributed by atoms with E-state index in [9.17, 15) is 18.0 Å². The van der Waals surface area contributed by atoms with Crippen LogP contribution in [0.25, 0.3) is 0 Å². The Morgan fingerprint density at radius 3 is 2.13 bits per heavy atom. The number of rotatable bonds is 13. The van der Waals surface area contributed by atoms with Crippen LogP contribution < -0.4 is 9.62 Å². The van der Waals surface area contributed by atoms with E-state index < -0.39 is 28.5 Å². The Kier molecular flexibility index (Phi) is 12.3. The van der Waals surface area contributed by atoms with Crippen molar-refractivity contribution in [1.29, 1.82) is 0 Å². The fourth-order valence-corrected chi connectivity index (χ4v) is 7.16. The minimum absolute atomic E-state index is 0.0296. The van der Waals surface area contributed by atoms with Gasteiger partial charge in [0.15, 0.2) is 0 Å². The Hall–Kier alpha value is -3.37. The largest absolute Gasteiger partial charge is 0.352 e. The molecule has 4 aromatic carbocycles. The van der Waals surface area contributed by atoms with Gasteiger partial charge in [-0.2, -0.15) is 0 Å². The SMILES string of the molecule is CC[C@@H](C)NC(=O)[C@@H](Cc1ccccc1)N(Cc1c(Cl)cccc1Cl)C(=O)CN(c1cccc(Br)c1)S(=O)(=O)c1ccc(C)cc1. The lowest BCUT2D eigenvalue weighted by atomic mass is 10.0. The van der Waals surface area contributed by atoms with Crippen LogP contribution in [0.5, 0.6) is 0 Å². The topological polar surface area (TPSA) is 86.8 Å². The molecule has 0 saturated heterocycles. The predicted octanol–water partition coefficient (Wildman–Crippen LogP) is 7.81. The van der Waals surface area contributed by atoms with Crippen molar-refractivity contribution in [3.05, 3.63) is 128 Å². The summed E-state index contributed by atoms with van der Waals surface area (Å²) in [6.07, 6.45) is 0.859. The highest BCUT2D eigenvalue weighted by Gasteiger charge is 2.35. The van der Waals surface area contributed by atoms with Crippen LogP contribution >= 0.6 is 39.1 Å². The molecule has 4 rings (SSSR count). The van der Waals surface area contributed by atoms with Gasteiger partial charge >= 0.3 is 0 Å². The van der Waals surface area contributed by atoms with Gasteiger partial charge in [0, 0.05) is 39.1 Å². The molecule has 2 atom stereocenters. The minimum Gasteiger partial charge on any atom is -0.352 e. The summed E-state index contributed by atoms with van der Waals surface area (Å²) in [6.45, 7) is 4.99. The van der Waals surface area contributed by atoms with Crippen LogP contribution in [0.1, 0.15) is 37.0 Å². The molecule has 0 bridgehead atoms. The second-order valence-electron chi connectivity index (χ2n) is 11.0. The molecule has 0 aliphatic heterocycles. The summed E-state index contributed by atoms with van der Waals surface area (Å²) in [5.74, 6) is -0.975. The van der Waals surface area contributed by atoms with Crippen LogP contribution in [0.2, 0.25) is 10.0 Å². The minimum atomic E-state index is -4.22. The maximum Gasteiger partial charge on any atom is 0.264 e. The van der Waals surface area contributed by atoms with Gasteiger partial charge in [0.2, 0.25) is 11.8 Å². The molecule has 0 unspecified atom stereocenters. The molecule has 46 heavy (non-hydrogen) atoms. The number of amides is 2. The summed E-state index contributed by atoms with van der Waals surface area (Å²) in [6, 6.07) is 26.3. The van der Waals surface area contributed by atoms with Gasteiger partial charge in [-0.25, -0.2) is 8.42 Å². The van der Waals surface area contributed by atoms with E-state index >= 15 is 0 Å². The molecule has 2 amide bonds. The van der Waals surface area contributed by atoms with Crippen molar-refractivity contribution in [2.75, 3.05) is 10.8 Å². The van der Waals surface area contributed by atoms with Crippen molar-refractivity contribution in [3.63, 3.8) is 0 Å². The van der Waals surface area contributed by atoms with Crippen molar-refractivity contribution in [3.8, 4) is 0 Å². The third kappa shape index (κ3) is 8.91. The molecule has 0 aliphatic carbocycles. The monoisotopic (exact) mass is 743 g/mol. The fraction of sp³-hybridized carbons (Fsp3) is 0.257. The molecular weight excluding hydrogens is 709 g/mol. The molecule has 1 N–H and O–H groups in total. The molecule has 0 radical (unpaired) electrons. The van der Waals surface area contributed by atoms with Crippen molar-refractivity contribution in [2.45, 2.75) is 57.1 Å². The molecule has 0 saturated carbocycles. The molecule has 0 heterocycles. The molecule has 0 fully saturated rings. The summed E-state index contributed by atoms with van der Waals surface area (Å²) >= 11 is 16.6. The number of nitrogens with zero attached hydrogens (tertiary/aromatic N) is 2. The first-order valence-corrected chi connectivity index (χ1v) is 17.8. The van der Waals surface area contributed by atoms with Gasteiger partial charge in [-0.15, -0.1) is 0 Å². The number of sulfonamides is 1. The van der Waals surface area contributed by atoms with Crippen LogP contribution in [0.4, 0.5) is 5.69 Å². The van der Waals surface area contributed by atoms with E-state index in [4.69, 9.17) is 23.2 Å². The van der Waals surface area contributed by atoms with Gasteiger partial charge < -0.3 is 10.2 Å². The van der Waals surface area contributed by atoms with Gasteiger partial charge in [-0.05, 0) is 68.3 Å². The lowest BCUT2D eigenvalue weighted by molar-refractivity contribution is -0.140. The highest BCUT2D eigenvalue weighted by molar-refractivity contribution is 9.10. The molecule has 7 nitrogen and oxygen atoms in total. The number of hydrogen-bond acceptors (Lipinski definition) is 4. The first-order chi connectivity index (χ1) is 21.9. The lowest BCUT2D eigenvalue weighted by Crippen LogP contribution is -2.54. The average Bonchev–Trinajstić information content (AvgIpc) is 3.03. The van der Waals surface area contributed by atoms with E-state index in [1.54, 1.807) is 54.6 Å². The molecular formula is C35H36BrCl2N3O4S. The zero-order chi connectivity index (χ0) is 33.4. The number of anilines is 1. The lowest BCUT2D eigenvalue weighted by Gasteiger charge is -2.34. The molecule has 0 spiro atoms. The maximum absolute atomic E-state index is 14.6. The highest BCUT2D eigenvalue weighted by atomic mass is 79.9. The van der Waals surface area contributed by atoms with Crippen LogP contribution in [0.3, 0.4) is 0 Å². The first kappa shape index (κ1) is 35.5. The smallest absolute Gasteiger partial charge is 0.264 e. The van der Waals surface area contributed by atoms with E-state index in [0.717, 1.165) is 15.4 Å². The molecule has 0 aromatic heterocycles. The summed E-state index contributed by atoms with van der Waals surface area (Å²) < 4.78 is 30.1. The average molecular weight is 746 g/mol. The third-order valence-electron chi connectivity index (χ3n) is 7.65. The number of carbonyl (C=O) groups is 2. The summed E-state index contributed by atoms with van der Waals surface area (Å²) in [5.41, 5.74) is 2.44. The Labute approximate surface area is 289 Å². The van der Waals surface area contributed by atoms with E-state index in [-0.39, 0.29) is 35.5 Å². The maximum atomic E-state index is 14.6. The zero-order valence-electron chi connectivity index (χ0n) is 25.8. The van der Waals surface area contributed by atoms with E-state index in [0.29, 0.717) is 26.5 Å². The molecule has 242 valence electrons. The Morgan fingerprint density at radius 2 is 1.52 bits per heavy atom. The summed E-state index contributed by atoms with van der Waals surface area (Å²) in [7, 11) is -4.22. The first-order valence-electron chi connectivity index (χ1n) is 14.8. The predicted molar refractivity (Wildman–Crippen MR) is 189 cm³/mol. The molecule has 11 heteroatoms. The van der Waals surface area contributed by atoms with Gasteiger partial charge in [-0.3, -0.25) is 13.9 Å². The third-order valence-corrected chi connectivity index (χ3v) is 10.6. The molecule has 0 aliphatic rings. The van der Waals surface area contributed by atoms with Crippen molar-refractivity contribution < 1.29 is 18.0 Å². The number of nitrogens with one attached hydrogen (secondary N) is 1. The number of halogens is 3. The van der Waals surface area contributed by atoms with Crippen LogP contribution in [0, 0.1) is 6.92 Å². The van der Waals surface area contributed by atoms with Gasteiger partial charge in [-0.1, -0.05) is 106 Å². The van der Waals surface area contributed by atoms with E-state index in [1.807, 2.05) is 51.1 Å².